The van der Waals surface area contributed by atoms with E-state index < -0.39 is 5.56 Å². The van der Waals surface area contributed by atoms with Gasteiger partial charge in [0.05, 0.1) is 0 Å². The number of aromatic amines is 2. The molecule has 1 aromatic rings. The molecule has 2 heterocycles. The molecule has 4 N–H and O–H groups in total. The standard InChI is InChI=1S/C9H11BrN4O2S/c10-2-4-1-5(15)14(3-4)7-6(11)8(16)13-9(17)12-7/h4H,1-3,11H2,(H2,12,13,16,17). The Kier molecular flexibility index (Phi) is 3.34. The Morgan fingerprint density at radius 2 is 2.18 bits per heavy atom. The Balaban J connectivity index is 2.45. The fourth-order valence-electron chi connectivity index (χ4n) is 1.80. The number of aromatic nitrogens is 2. The third-order valence-corrected chi connectivity index (χ3v) is 3.77. The lowest BCUT2D eigenvalue weighted by molar-refractivity contribution is -0.117. The van der Waals surface area contributed by atoms with Gasteiger partial charge in [-0.1, -0.05) is 15.9 Å². The highest BCUT2D eigenvalue weighted by atomic mass is 79.9. The summed E-state index contributed by atoms with van der Waals surface area (Å²) < 4.78 is 0.161. The average Bonchev–Trinajstić information content (AvgIpc) is 2.65. The lowest BCUT2D eigenvalue weighted by Crippen LogP contribution is -2.29. The van der Waals surface area contributed by atoms with Gasteiger partial charge in [-0.05, 0) is 18.1 Å². The second-order valence-corrected chi connectivity index (χ2v) is 4.96. The van der Waals surface area contributed by atoms with E-state index in [9.17, 15) is 9.59 Å². The van der Waals surface area contributed by atoms with Crippen molar-refractivity contribution in [3.05, 3.63) is 15.1 Å². The predicted octanol–water partition coefficient (Wildman–Crippen LogP) is 0.762. The Bertz CT molecular complexity index is 567. The monoisotopic (exact) mass is 318 g/mol. The quantitative estimate of drug-likeness (QED) is 0.554. The molecule has 1 atom stereocenters. The van der Waals surface area contributed by atoms with E-state index in [0.29, 0.717) is 18.8 Å². The van der Waals surface area contributed by atoms with Crippen LogP contribution in [0.1, 0.15) is 6.42 Å². The topological polar surface area (TPSA) is 95.0 Å². The number of nitrogens with one attached hydrogen (secondary N) is 2. The smallest absolute Gasteiger partial charge is 0.277 e. The van der Waals surface area contributed by atoms with Crippen LogP contribution in [0.3, 0.4) is 0 Å². The molecule has 0 aliphatic carbocycles. The number of amides is 1. The summed E-state index contributed by atoms with van der Waals surface area (Å²) in [6.07, 6.45) is 0.443. The van der Waals surface area contributed by atoms with Crippen LogP contribution < -0.4 is 16.2 Å². The van der Waals surface area contributed by atoms with Gasteiger partial charge in [-0.2, -0.15) is 0 Å². The molecule has 92 valence electrons. The van der Waals surface area contributed by atoms with E-state index in [4.69, 9.17) is 18.0 Å². The van der Waals surface area contributed by atoms with Crippen molar-refractivity contribution in [2.24, 2.45) is 5.92 Å². The van der Waals surface area contributed by atoms with Crippen molar-refractivity contribution in [2.75, 3.05) is 22.5 Å². The molecule has 0 radical (unpaired) electrons. The number of rotatable bonds is 2. The number of nitrogen functional groups attached to an aromatic ring is 1. The zero-order chi connectivity index (χ0) is 12.6. The highest BCUT2D eigenvalue weighted by Gasteiger charge is 2.31. The number of alkyl halides is 1. The molecular weight excluding hydrogens is 308 g/mol. The number of carbonyl (C=O) groups is 1. The summed E-state index contributed by atoms with van der Waals surface area (Å²) in [6, 6.07) is 0. The van der Waals surface area contributed by atoms with Crippen LogP contribution >= 0.6 is 28.1 Å². The van der Waals surface area contributed by atoms with Crippen LogP contribution in [0.15, 0.2) is 4.79 Å². The largest absolute Gasteiger partial charge is 0.391 e. The van der Waals surface area contributed by atoms with E-state index in [0.717, 1.165) is 5.33 Å². The van der Waals surface area contributed by atoms with Gasteiger partial charge < -0.3 is 10.7 Å². The van der Waals surface area contributed by atoms with Gasteiger partial charge in [-0.15, -0.1) is 0 Å². The van der Waals surface area contributed by atoms with Gasteiger partial charge in [-0.25, -0.2) is 0 Å². The molecule has 8 heteroatoms. The van der Waals surface area contributed by atoms with Crippen molar-refractivity contribution < 1.29 is 4.79 Å². The van der Waals surface area contributed by atoms with E-state index in [1.165, 1.54) is 4.90 Å². The molecule has 1 aromatic heterocycles. The second-order valence-electron chi connectivity index (χ2n) is 3.90. The van der Waals surface area contributed by atoms with Crippen LogP contribution in [0.2, 0.25) is 0 Å². The number of nitrogens with zero attached hydrogens (tertiary/aromatic N) is 1. The summed E-state index contributed by atoms with van der Waals surface area (Å²) in [5, 5.41) is 0.735. The van der Waals surface area contributed by atoms with Crippen molar-refractivity contribution in [1.82, 2.24) is 9.97 Å². The Morgan fingerprint density at radius 3 is 2.76 bits per heavy atom. The molecule has 1 aliphatic heterocycles. The van der Waals surface area contributed by atoms with E-state index in [1.807, 2.05) is 0 Å². The van der Waals surface area contributed by atoms with Crippen molar-refractivity contribution in [1.29, 1.82) is 0 Å². The van der Waals surface area contributed by atoms with Crippen molar-refractivity contribution >= 4 is 45.6 Å². The molecular formula is C9H11BrN4O2S. The van der Waals surface area contributed by atoms with Crippen LogP contribution in [-0.4, -0.2) is 27.7 Å². The molecule has 1 saturated heterocycles. The van der Waals surface area contributed by atoms with Gasteiger partial charge in [0, 0.05) is 18.3 Å². The first kappa shape index (κ1) is 12.3. The van der Waals surface area contributed by atoms with Gasteiger partial charge in [0.25, 0.3) is 5.56 Å². The molecule has 2 rings (SSSR count). The number of hydrogen-bond donors (Lipinski definition) is 3. The highest BCUT2D eigenvalue weighted by molar-refractivity contribution is 9.09. The minimum atomic E-state index is -0.473. The third-order valence-electron chi connectivity index (χ3n) is 2.65. The first-order valence-corrected chi connectivity index (χ1v) is 6.54. The first-order chi connectivity index (χ1) is 8.02. The van der Waals surface area contributed by atoms with Crippen molar-refractivity contribution in [2.45, 2.75) is 6.42 Å². The fourth-order valence-corrected chi connectivity index (χ4v) is 2.42. The molecule has 1 aliphatic rings. The Labute approximate surface area is 110 Å². The molecule has 17 heavy (non-hydrogen) atoms. The van der Waals surface area contributed by atoms with Gasteiger partial charge in [0.2, 0.25) is 5.91 Å². The maximum atomic E-state index is 11.8. The maximum Gasteiger partial charge on any atom is 0.277 e. The molecule has 1 fully saturated rings. The SMILES string of the molecule is Nc1c(N2CC(CBr)CC2=O)[nH]c(=S)[nH]c1=O. The second kappa shape index (κ2) is 4.61. The zero-order valence-electron chi connectivity index (χ0n) is 8.83. The number of nitrogens with two attached hydrogens (primary N) is 1. The number of halogens is 1. The maximum absolute atomic E-state index is 11.8. The Hall–Kier alpha value is -1.15. The van der Waals surface area contributed by atoms with Crippen molar-refractivity contribution in [3.8, 4) is 0 Å². The van der Waals surface area contributed by atoms with E-state index in [-0.39, 0.29) is 22.3 Å². The average molecular weight is 319 g/mol. The molecule has 0 spiro atoms. The van der Waals surface area contributed by atoms with E-state index in [2.05, 4.69) is 25.9 Å². The summed E-state index contributed by atoms with van der Waals surface area (Å²) in [7, 11) is 0. The Morgan fingerprint density at radius 1 is 1.47 bits per heavy atom. The number of carbonyl (C=O) groups excluding carboxylic acids is 1. The van der Waals surface area contributed by atoms with Gasteiger partial charge in [0.15, 0.2) is 4.77 Å². The summed E-state index contributed by atoms with van der Waals surface area (Å²) in [4.78, 5) is 29.9. The first-order valence-electron chi connectivity index (χ1n) is 5.01. The van der Waals surface area contributed by atoms with Crippen LogP contribution in [0.5, 0.6) is 0 Å². The molecule has 1 amide bonds. The summed E-state index contributed by atoms with van der Waals surface area (Å²) in [5.74, 6) is 0.466. The minimum Gasteiger partial charge on any atom is -0.391 e. The molecule has 0 saturated carbocycles. The van der Waals surface area contributed by atoms with Crippen LogP contribution in [0.4, 0.5) is 11.5 Å². The molecule has 0 aromatic carbocycles. The van der Waals surface area contributed by atoms with E-state index >= 15 is 0 Å². The number of anilines is 2. The van der Waals surface area contributed by atoms with Crippen molar-refractivity contribution in [3.63, 3.8) is 0 Å². The number of H-pyrrole nitrogens is 2. The lowest BCUT2D eigenvalue weighted by Gasteiger charge is -2.17. The third kappa shape index (κ3) is 2.27. The predicted molar refractivity (Wildman–Crippen MR) is 70.9 cm³/mol. The highest BCUT2D eigenvalue weighted by Crippen LogP contribution is 2.26. The number of hydrogen-bond acceptors (Lipinski definition) is 4. The summed E-state index contributed by atoms with van der Waals surface area (Å²) in [6.45, 7) is 0.531. The normalized spacial score (nSPS) is 19.9. The molecule has 0 bridgehead atoms. The minimum absolute atomic E-state index is 0.0119. The van der Waals surface area contributed by atoms with Crippen LogP contribution in [-0.2, 0) is 4.79 Å². The van der Waals surface area contributed by atoms with E-state index in [1.54, 1.807) is 0 Å². The molecule has 6 nitrogen and oxygen atoms in total. The summed E-state index contributed by atoms with van der Waals surface area (Å²) in [5.41, 5.74) is 5.17. The van der Waals surface area contributed by atoms with Crippen LogP contribution in [0.25, 0.3) is 0 Å². The molecule has 1 unspecified atom stereocenters. The zero-order valence-corrected chi connectivity index (χ0v) is 11.2. The van der Waals surface area contributed by atoms with Gasteiger partial charge >= 0.3 is 0 Å². The fraction of sp³-hybridized carbons (Fsp3) is 0.444. The lowest BCUT2D eigenvalue weighted by atomic mass is 10.2. The summed E-state index contributed by atoms with van der Waals surface area (Å²) >= 11 is 8.21. The van der Waals surface area contributed by atoms with Gasteiger partial charge in [0.1, 0.15) is 11.5 Å². The van der Waals surface area contributed by atoms with Gasteiger partial charge in [-0.3, -0.25) is 19.5 Å². The van der Waals surface area contributed by atoms with Crippen LogP contribution in [0, 0.1) is 10.7 Å².